The van der Waals surface area contributed by atoms with Gasteiger partial charge in [-0.05, 0) is 49.9 Å². The van der Waals surface area contributed by atoms with Crippen molar-refractivity contribution in [3.05, 3.63) is 24.3 Å². The largest absolute Gasteiger partial charge is 0.497 e. The van der Waals surface area contributed by atoms with Crippen molar-refractivity contribution in [2.75, 3.05) is 20.2 Å². The van der Waals surface area contributed by atoms with Crippen LogP contribution < -0.4 is 4.74 Å². The second kappa shape index (κ2) is 7.02. The summed E-state index contributed by atoms with van der Waals surface area (Å²) in [5, 5.41) is -0.0336. The van der Waals surface area contributed by atoms with Gasteiger partial charge in [-0.2, -0.15) is 0 Å². The van der Waals surface area contributed by atoms with Gasteiger partial charge < -0.3 is 9.64 Å². The Morgan fingerprint density at radius 1 is 1.40 bits per heavy atom. The Bertz CT molecular complexity index is 446. The highest BCUT2D eigenvalue weighted by molar-refractivity contribution is 8.00. The fourth-order valence-electron chi connectivity index (χ4n) is 2.56. The van der Waals surface area contributed by atoms with Gasteiger partial charge in [-0.15, -0.1) is 11.8 Å². The van der Waals surface area contributed by atoms with Crippen molar-refractivity contribution in [2.45, 2.75) is 36.8 Å². The lowest BCUT2D eigenvalue weighted by Gasteiger charge is -2.32. The zero-order chi connectivity index (χ0) is 14.5. The lowest BCUT2D eigenvalue weighted by molar-refractivity contribution is -0.131. The molecule has 1 heterocycles. The summed E-state index contributed by atoms with van der Waals surface area (Å²) in [6, 6.07) is 7.88. The fraction of sp³-hybridized carbons (Fsp3) is 0.562. The molecule has 1 aliphatic rings. The molecular formula is C16H23NO2S. The second-order valence-corrected chi connectivity index (χ2v) is 6.88. The molecule has 1 amide bonds. The number of ether oxygens (including phenoxy) is 1. The molecular weight excluding hydrogens is 270 g/mol. The molecule has 3 nitrogen and oxygen atoms in total. The molecule has 20 heavy (non-hydrogen) atoms. The van der Waals surface area contributed by atoms with Crippen LogP contribution in [0.25, 0.3) is 0 Å². The van der Waals surface area contributed by atoms with Gasteiger partial charge in [-0.1, -0.05) is 6.92 Å². The lowest BCUT2D eigenvalue weighted by Crippen LogP contribution is -2.42. The van der Waals surface area contributed by atoms with Crippen LogP contribution in [0.15, 0.2) is 29.2 Å². The molecule has 2 atom stereocenters. The number of likely N-dealkylation sites (tertiary alicyclic amines) is 1. The number of thioether (sulfide) groups is 1. The van der Waals surface area contributed by atoms with Gasteiger partial charge in [0, 0.05) is 18.0 Å². The summed E-state index contributed by atoms with van der Waals surface area (Å²) in [5.74, 6) is 1.74. The number of amides is 1. The second-order valence-electron chi connectivity index (χ2n) is 5.47. The Hall–Kier alpha value is -1.16. The van der Waals surface area contributed by atoms with Gasteiger partial charge in [-0.25, -0.2) is 0 Å². The number of nitrogens with zero attached hydrogens (tertiary/aromatic N) is 1. The average Bonchev–Trinajstić information content (AvgIpc) is 2.47. The number of methoxy groups -OCH3 is 1. The summed E-state index contributed by atoms with van der Waals surface area (Å²) >= 11 is 1.62. The van der Waals surface area contributed by atoms with Crippen LogP contribution >= 0.6 is 11.8 Å². The monoisotopic (exact) mass is 293 g/mol. The molecule has 110 valence electrons. The van der Waals surface area contributed by atoms with Gasteiger partial charge in [0.25, 0.3) is 0 Å². The van der Waals surface area contributed by atoms with Gasteiger partial charge in [-0.3, -0.25) is 4.79 Å². The van der Waals surface area contributed by atoms with Gasteiger partial charge in [0.1, 0.15) is 5.75 Å². The number of piperidine rings is 1. The molecule has 2 rings (SSSR count). The summed E-state index contributed by atoms with van der Waals surface area (Å²) in [6.07, 6.45) is 2.37. The van der Waals surface area contributed by atoms with E-state index < -0.39 is 0 Å². The SMILES string of the molecule is COc1ccc(S[C@@H](C)C(=O)N2CCC[C@@H](C)C2)cc1. The molecule has 0 radical (unpaired) electrons. The summed E-state index contributed by atoms with van der Waals surface area (Å²) in [7, 11) is 1.66. The minimum absolute atomic E-state index is 0.0336. The van der Waals surface area contributed by atoms with Crippen LogP contribution in [0, 0.1) is 5.92 Å². The first-order valence-electron chi connectivity index (χ1n) is 7.19. The summed E-state index contributed by atoms with van der Waals surface area (Å²) in [5.41, 5.74) is 0. The highest BCUT2D eigenvalue weighted by Gasteiger charge is 2.25. The highest BCUT2D eigenvalue weighted by Crippen LogP contribution is 2.27. The zero-order valence-electron chi connectivity index (χ0n) is 12.5. The van der Waals surface area contributed by atoms with E-state index >= 15 is 0 Å². The summed E-state index contributed by atoms with van der Waals surface area (Å²) < 4.78 is 5.14. The Morgan fingerprint density at radius 3 is 2.70 bits per heavy atom. The van der Waals surface area contributed by atoms with Crippen molar-refractivity contribution in [3.63, 3.8) is 0 Å². The maximum Gasteiger partial charge on any atom is 0.235 e. The highest BCUT2D eigenvalue weighted by atomic mass is 32.2. The molecule has 0 N–H and O–H groups in total. The fourth-order valence-corrected chi connectivity index (χ4v) is 3.51. The van der Waals surface area contributed by atoms with Crippen molar-refractivity contribution in [1.82, 2.24) is 4.90 Å². The Balaban J connectivity index is 1.92. The molecule has 1 fully saturated rings. The topological polar surface area (TPSA) is 29.5 Å². The first-order chi connectivity index (χ1) is 9.60. The van der Waals surface area contributed by atoms with Gasteiger partial charge >= 0.3 is 0 Å². The number of carbonyl (C=O) groups is 1. The molecule has 1 aliphatic heterocycles. The number of rotatable bonds is 4. The molecule has 4 heteroatoms. The van der Waals surface area contributed by atoms with Crippen molar-refractivity contribution in [3.8, 4) is 5.75 Å². The standard InChI is InChI=1S/C16H23NO2S/c1-12-5-4-10-17(11-12)16(18)13(2)20-15-8-6-14(19-3)7-9-15/h6-9,12-13H,4-5,10-11H2,1-3H3/t12-,13+/m1/s1. The van der Waals surface area contributed by atoms with Crippen LogP contribution in [-0.4, -0.2) is 36.3 Å². The van der Waals surface area contributed by atoms with Crippen LogP contribution in [0.3, 0.4) is 0 Å². The van der Waals surface area contributed by atoms with Crippen LogP contribution in [0.4, 0.5) is 0 Å². The predicted octanol–water partition coefficient (Wildman–Crippen LogP) is 3.43. The molecule has 0 spiro atoms. The molecule has 0 unspecified atom stereocenters. The van der Waals surface area contributed by atoms with Crippen molar-refractivity contribution in [2.24, 2.45) is 5.92 Å². The van der Waals surface area contributed by atoms with Crippen molar-refractivity contribution in [1.29, 1.82) is 0 Å². The van der Waals surface area contributed by atoms with E-state index in [0.29, 0.717) is 5.92 Å². The minimum atomic E-state index is -0.0336. The Kier molecular flexibility index (Phi) is 5.35. The lowest BCUT2D eigenvalue weighted by atomic mass is 10.0. The van der Waals surface area contributed by atoms with E-state index in [0.717, 1.165) is 30.2 Å². The van der Waals surface area contributed by atoms with E-state index in [2.05, 4.69) is 6.92 Å². The molecule has 0 aliphatic carbocycles. The van der Waals surface area contributed by atoms with E-state index in [1.54, 1.807) is 18.9 Å². The maximum absolute atomic E-state index is 12.5. The van der Waals surface area contributed by atoms with E-state index in [1.165, 1.54) is 6.42 Å². The van der Waals surface area contributed by atoms with Gasteiger partial charge in [0.2, 0.25) is 5.91 Å². The minimum Gasteiger partial charge on any atom is -0.497 e. The van der Waals surface area contributed by atoms with Crippen LogP contribution in [0.2, 0.25) is 0 Å². The Labute approximate surface area is 125 Å². The quantitative estimate of drug-likeness (QED) is 0.797. The van der Waals surface area contributed by atoms with Crippen LogP contribution in [-0.2, 0) is 4.79 Å². The Morgan fingerprint density at radius 2 is 2.10 bits per heavy atom. The molecule has 1 saturated heterocycles. The van der Waals surface area contributed by atoms with Crippen molar-refractivity contribution >= 4 is 17.7 Å². The van der Waals surface area contributed by atoms with E-state index in [-0.39, 0.29) is 11.2 Å². The van der Waals surface area contributed by atoms with Gasteiger partial charge in [0.05, 0.1) is 12.4 Å². The normalized spacial score (nSPS) is 20.6. The first-order valence-corrected chi connectivity index (χ1v) is 8.07. The summed E-state index contributed by atoms with van der Waals surface area (Å²) in [6.45, 7) is 6.04. The van der Waals surface area contributed by atoms with E-state index in [4.69, 9.17) is 4.74 Å². The molecule has 1 aromatic carbocycles. The smallest absolute Gasteiger partial charge is 0.235 e. The average molecular weight is 293 g/mol. The number of carbonyl (C=O) groups excluding carboxylic acids is 1. The number of benzene rings is 1. The third-order valence-corrected chi connectivity index (χ3v) is 4.79. The maximum atomic E-state index is 12.5. The number of hydrogen-bond acceptors (Lipinski definition) is 3. The molecule has 0 aromatic heterocycles. The van der Waals surface area contributed by atoms with E-state index in [1.807, 2.05) is 36.1 Å². The van der Waals surface area contributed by atoms with Crippen molar-refractivity contribution < 1.29 is 9.53 Å². The molecule has 0 bridgehead atoms. The molecule has 0 saturated carbocycles. The van der Waals surface area contributed by atoms with E-state index in [9.17, 15) is 4.79 Å². The third-order valence-electron chi connectivity index (χ3n) is 3.69. The summed E-state index contributed by atoms with van der Waals surface area (Å²) in [4.78, 5) is 15.6. The van der Waals surface area contributed by atoms with Crippen LogP contribution in [0.5, 0.6) is 5.75 Å². The van der Waals surface area contributed by atoms with Crippen LogP contribution in [0.1, 0.15) is 26.7 Å². The third kappa shape index (κ3) is 3.92. The number of hydrogen-bond donors (Lipinski definition) is 0. The zero-order valence-corrected chi connectivity index (χ0v) is 13.3. The van der Waals surface area contributed by atoms with Gasteiger partial charge in [0.15, 0.2) is 0 Å². The first kappa shape index (κ1) is 15.2. The predicted molar refractivity (Wildman–Crippen MR) is 83.3 cm³/mol. The molecule has 1 aromatic rings.